The van der Waals surface area contributed by atoms with E-state index in [4.69, 9.17) is 0 Å². The monoisotopic (exact) mass is 303 g/mol. The molecule has 0 aliphatic heterocycles. The number of unbranched alkanes of at least 4 members (excludes halogenated alkanes) is 1. The summed E-state index contributed by atoms with van der Waals surface area (Å²) in [6, 6.07) is 0. The standard InChI is InChI=1S/C12H25N5O2S/c1-4-13-9-11-10-14-16-12(11)20(18,19)15-7-5-6-8-17(2)3/h10,13,15H,4-9H2,1-3H3,(H,14,16). The Bertz CT molecular complexity index is 484. The lowest BCUT2D eigenvalue weighted by Gasteiger charge is -2.10. The lowest BCUT2D eigenvalue weighted by molar-refractivity contribution is 0.394. The zero-order valence-electron chi connectivity index (χ0n) is 12.4. The number of H-pyrrole nitrogens is 1. The Balaban J connectivity index is 2.50. The first kappa shape index (κ1) is 17.1. The largest absolute Gasteiger partial charge is 0.313 e. The van der Waals surface area contributed by atoms with Gasteiger partial charge in [-0.3, -0.25) is 5.10 Å². The molecule has 0 aliphatic carbocycles. The van der Waals surface area contributed by atoms with Crippen LogP contribution < -0.4 is 10.0 Å². The quantitative estimate of drug-likeness (QED) is 0.535. The molecule has 116 valence electrons. The molecule has 0 spiro atoms. The van der Waals surface area contributed by atoms with Crippen LogP contribution in [-0.4, -0.2) is 57.2 Å². The second-order valence-corrected chi connectivity index (χ2v) is 6.62. The highest BCUT2D eigenvalue weighted by atomic mass is 32.2. The van der Waals surface area contributed by atoms with E-state index in [0.29, 0.717) is 18.7 Å². The molecule has 1 aromatic heterocycles. The van der Waals surface area contributed by atoms with Crippen LogP contribution in [0.25, 0.3) is 0 Å². The maximum atomic E-state index is 12.2. The Labute approximate surface area is 121 Å². The van der Waals surface area contributed by atoms with Gasteiger partial charge in [0, 0.05) is 18.7 Å². The second kappa shape index (κ2) is 8.35. The molecule has 0 saturated heterocycles. The van der Waals surface area contributed by atoms with Gasteiger partial charge in [-0.15, -0.1) is 0 Å². The van der Waals surface area contributed by atoms with Crippen LogP contribution in [0.3, 0.4) is 0 Å². The van der Waals surface area contributed by atoms with Gasteiger partial charge in [0.15, 0.2) is 5.03 Å². The molecule has 0 saturated carbocycles. The third-order valence-corrected chi connectivity index (χ3v) is 4.31. The zero-order valence-corrected chi connectivity index (χ0v) is 13.3. The molecule has 0 amide bonds. The van der Waals surface area contributed by atoms with Crippen molar-refractivity contribution < 1.29 is 8.42 Å². The topological polar surface area (TPSA) is 90.1 Å². The fourth-order valence-corrected chi connectivity index (χ4v) is 2.95. The maximum absolute atomic E-state index is 12.2. The fraction of sp³-hybridized carbons (Fsp3) is 0.750. The third kappa shape index (κ3) is 5.58. The van der Waals surface area contributed by atoms with Crippen molar-refractivity contribution in [2.45, 2.75) is 31.3 Å². The lowest BCUT2D eigenvalue weighted by Crippen LogP contribution is -2.27. The molecule has 0 aromatic carbocycles. The molecule has 0 fully saturated rings. The number of hydrogen-bond acceptors (Lipinski definition) is 5. The Morgan fingerprint density at radius 3 is 2.75 bits per heavy atom. The van der Waals surface area contributed by atoms with Crippen molar-refractivity contribution in [3.8, 4) is 0 Å². The molecule has 0 bridgehead atoms. The van der Waals surface area contributed by atoms with E-state index in [2.05, 4.69) is 25.1 Å². The first-order chi connectivity index (χ1) is 9.47. The van der Waals surface area contributed by atoms with Crippen LogP contribution in [0.5, 0.6) is 0 Å². The molecular weight excluding hydrogens is 278 g/mol. The summed E-state index contributed by atoms with van der Waals surface area (Å²) >= 11 is 0. The predicted molar refractivity (Wildman–Crippen MR) is 78.9 cm³/mol. The molecule has 0 unspecified atom stereocenters. The first-order valence-corrected chi connectivity index (χ1v) is 8.33. The number of aromatic nitrogens is 2. The Morgan fingerprint density at radius 2 is 2.10 bits per heavy atom. The average molecular weight is 303 g/mol. The minimum Gasteiger partial charge on any atom is -0.313 e. The van der Waals surface area contributed by atoms with E-state index >= 15 is 0 Å². The van der Waals surface area contributed by atoms with Gasteiger partial charge in [-0.25, -0.2) is 13.1 Å². The molecule has 7 nitrogen and oxygen atoms in total. The summed E-state index contributed by atoms with van der Waals surface area (Å²) in [4.78, 5) is 2.08. The SMILES string of the molecule is CCNCc1cn[nH]c1S(=O)(=O)NCCCCN(C)C. The highest BCUT2D eigenvalue weighted by Crippen LogP contribution is 2.11. The molecule has 1 rings (SSSR count). The van der Waals surface area contributed by atoms with Crippen LogP contribution in [-0.2, 0) is 16.6 Å². The average Bonchev–Trinajstić information content (AvgIpc) is 2.84. The van der Waals surface area contributed by atoms with Crippen LogP contribution in [0, 0.1) is 0 Å². The molecule has 1 heterocycles. The van der Waals surface area contributed by atoms with Crippen molar-refractivity contribution in [2.24, 2.45) is 0 Å². The van der Waals surface area contributed by atoms with Crippen LogP contribution in [0.1, 0.15) is 25.3 Å². The van der Waals surface area contributed by atoms with Crippen molar-refractivity contribution in [1.82, 2.24) is 25.1 Å². The summed E-state index contributed by atoms with van der Waals surface area (Å²) in [6.45, 7) is 4.64. The molecule has 3 N–H and O–H groups in total. The van der Waals surface area contributed by atoms with Gasteiger partial charge in [-0.2, -0.15) is 5.10 Å². The smallest absolute Gasteiger partial charge is 0.257 e. The predicted octanol–water partition coefficient (Wildman–Crippen LogP) is 0.139. The summed E-state index contributed by atoms with van der Waals surface area (Å²) in [5.74, 6) is 0. The number of sulfonamides is 1. The van der Waals surface area contributed by atoms with E-state index in [1.807, 2.05) is 21.0 Å². The van der Waals surface area contributed by atoms with Crippen LogP contribution in [0.15, 0.2) is 11.2 Å². The van der Waals surface area contributed by atoms with E-state index in [1.54, 1.807) is 6.20 Å². The highest BCUT2D eigenvalue weighted by molar-refractivity contribution is 7.89. The van der Waals surface area contributed by atoms with E-state index in [0.717, 1.165) is 25.9 Å². The van der Waals surface area contributed by atoms with Gasteiger partial charge in [-0.1, -0.05) is 6.92 Å². The first-order valence-electron chi connectivity index (χ1n) is 6.84. The van der Waals surface area contributed by atoms with Gasteiger partial charge in [-0.05, 0) is 40.0 Å². The Kier molecular flexibility index (Phi) is 7.14. The van der Waals surface area contributed by atoms with Crippen LogP contribution in [0.2, 0.25) is 0 Å². The lowest BCUT2D eigenvalue weighted by atomic mass is 10.3. The van der Waals surface area contributed by atoms with Gasteiger partial charge >= 0.3 is 0 Å². The van der Waals surface area contributed by atoms with Crippen LogP contribution >= 0.6 is 0 Å². The van der Waals surface area contributed by atoms with Crippen molar-refractivity contribution in [1.29, 1.82) is 0 Å². The third-order valence-electron chi connectivity index (χ3n) is 2.84. The normalized spacial score (nSPS) is 12.2. The molecule has 0 atom stereocenters. The molecule has 0 aliphatic rings. The summed E-state index contributed by atoms with van der Waals surface area (Å²) in [7, 11) is 0.503. The molecule has 20 heavy (non-hydrogen) atoms. The van der Waals surface area contributed by atoms with Gasteiger partial charge in [0.25, 0.3) is 10.0 Å². The Hall–Kier alpha value is -0.960. The number of nitrogens with one attached hydrogen (secondary N) is 3. The van der Waals surface area contributed by atoms with E-state index < -0.39 is 10.0 Å². The molecule has 1 aromatic rings. The van der Waals surface area contributed by atoms with Crippen molar-refractivity contribution in [2.75, 3.05) is 33.7 Å². The van der Waals surface area contributed by atoms with Gasteiger partial charge < -0.3 is 10.2 Å². The Morgan fingerprint density at radius 1 is 1.35 bits per heavy atom. The van der Waals surface area contributed by atoms with Crippen molar-refractivity contribution in [3.05, 3.63) is 11.8 Å². The van der Waals surface area contributed by atoms with E-state index in [9.17, 15) is 8.42 Å². The fourth-order valence-electron chi connectivity index (χ4n) is 1.75. The van der Waals surface area contributed by atoms with Crippen molar-refractivity contribution in [3.63, 3.8) is 0 Å². The number of rotatable bonds is 10. The maximum Gasteiger partial charge on any atom is 0.257 e. The minimum atomic E-state index is -3.50. The zero-order chi connectivity index (χ0) is 15.0. The highest BCUT2D eigenvalue weighted by Gasteiger charge is 2.19. The van der Waals surface area contributed by atoms with E-state index in [-0.39, 0.29) is 5.03 Å². The molecular formula is C12H25N5O2S. The minimum absolute atomic E-state index is 0.158. The number of aromatic amines is 1. The second-order valence-electron chi connectivity index (χ2n) is 4.91. The number of nitrogens with zero attached hydrogens (tertiary/aromatic N) is 2. The van der Waals surface area contributed by atoms with Crippen molar-refractivity contribution >= 4 is 10.0 Å². The molecule has 8 heteroatoms. The van der Waals surface area contributed by atoms with E-state index in [1.165, 1.54) is 0 Å². The summed E-state index contributed by atoms with van der Waals surface area (Å²) in [6.07, 6.45) is 3.32. The van der Waals surface area contributed by atoms with Gasteiger partial charge in [0.2, 0.25) is 0 Å². The number of hydrogen-bond donors (Lipinski definition) is 3. The summed E-state index contributed by atoms with van der Waals surface area (Å²) in [5.41, 5.74) is 0.660. The van der Waals surface area contributed by atoms with Gasteiger partial charge in [0.05, 0.1) is 6.20 Å². The summed E-state index contributed by atoms with van der Waals surface area (Å²) < 4.78 is 26.9. The summed E-state index contributed by atoms with van der Waals surface area (Å²) in [5, 5.41) is 9.64. The molecule has 0 radical (unpaired) electrons. The van der Waals surface area contributed by atoms with Crippen LogP contribution in [0.4, 0.5) is 0 Å². The van der Waals surface area contributed by atoms with Gasteiger partial charge in [0.1, 0.15) is 0 Å².